The highest BCUT2D eigenvalue weighted by Crippen LogP contribution is 2.24. The first-order valence-corrected chi connectivity index (χ1v) is 8.22. The molecule has 0 spiro atoms. The first kappa shape index (κ1) is 15.9. The SMILES string of the molecule is Cc1ccc(C(=O)O)cc1S(=O)(=O)N1CCN(C)CC1C. The van der Waals surface area contributed by atoms with Gasteiger partial charge in [-0.3, -0.25) is 0 Å². The third-order valence-electron chi connectivity index (χ3n) is 3.79. The van der Waals surface area contributed by atoms with Crippen LogP contribution in [0.5, 0.6) is 0 Å². The van der Waals surface area contributed by atoms with Gasteiger partial charge in [0.05, 0.1) is 10.5 Å². The summed E-state index contributed by atoms with van der Waals surface area (Å²) in [7, 11) is -1.72. The molecule has 1 fully saturated rings. The summed E-state index contributed by atoms with van der Waals surface area (Å²) in [4.78, 5) is 13.2. The monoisotopic (exact) mass is 312 g/mol. The van der Waals surface area contributed by atoms with E-state index in [9.17, 15) is 13.2 Å². The zero-order valence-electron chi connectivity index (χ0n) is 12.4. The first-order chi connectivity index (χ1) is 9.73. The molecule has 0 aliphatic carbocycles. The topological polar surface area (TPSA) is 77.9 Å². The molecule has 0 bridgehead atoms. The standard InChI is InChI=1S/C14H20N2O4S/c1-10-4-5-12(14(17)18)8-13(10)21(19,20)16-7-6-15(3)9-11(16)2/h4-5,8,11H,6-7,9H2,1-3H3,(H,17,18). The molecule has 116 valence electrons. The number of carboxylic acids is 1. The van der Waals surface area contributed by atoms with E-state index in [1.54, 1.807) is 6.92 Å². The van der Waals surface area contributed by atoms with Crippen molar-refractivity contribution in [3.05, 3.63) is 29.3 Å². The molecule has 1 aromatic carbocycles. The lowest BCUT2D eigenvalue weighted by molar-refractivity contribution is 0.0696. The minimum Gasteiger partial charge on any atom is -0.478 e. The molecular formula is C14H20N2O4S. The summed E-state index contributed by atoms with van der Waals surface area (Å²) in [6.45, 7) is 5.29. The van der Waals surface area contributed by atoms with Crippen molar-refractivity contribution in [3.8, 4) is 0 Å². The van der Waals surface area contributed by atoms with Gasteiger partial charge < -0.3 is 10.0 Å². The van der Waals surface area contributed by atoms with Crippen molar-refractivity contribution in [3.63, 3.8) is 0 Å². The van der Waals surface area contributed by atoms with Gasteiger partial charge in [0, 0.05) is 25.7 Å². The van der Waals surface area contributed by atoms with Crippen molar-refractivity contribution in [2.75, 3.05) is 26.7 Å². The number of benzene rings is 1. The molecule has 1 N–H and O–H groups in total. The van der Waals surface area contributed by atoms with Crippen LogP contribution < -0.4 is 0 Å². The molecule has 1 aromatic rings. The number of carbonyl (C=O) groups is 1. The molecule has 1 aliphatic heterocycles. The molecule has 2 rings (SSSR count). The summed E-state index contributed by atoms with van der Waals surface area (Å²) in [6.07, 6.45) is 0. The molecule has 1 atom stereocenters. The Hall–Kier alpha value is -1.44. The predicted molar refractivity (Wildman–Crippen MR) is 79.0 cm³/mol. The lowest BCUT2D eigenvalue weighted by Gasteiger charge is -2.37. The summed E-state index contributed by atoms with van der Waals surface area (Å²) >= 11 is 0. The van der Waals surface area contributed by atoms with Crippen molar-refractivity contribution >= 4 is 16.0 Å². The van der Waals surface area contributed by atoms with Crippen LogP contribution in [0.15, 0.2) is 23.1 Å². The van der Waals surface area contributed by atoms with Gasteiger partial charge in [0.15, 0.2) is 0 Å². The molecule has 6 nitrogen and oxygen atoms in total. The van der Waals surface area contributed by atoms with E-state index in [4.69, 9.17) is 5.11 Å². The third-order valence-corrected chi connectivity index (χ3v) is 5.95. The largest absolute Gasteiger partial charge is 0.478 e. The van der Waals surface area contributed by atoms with Crippen molar-refractivity contribution in [2.45, 2.75) is 24.8 Å². The Bertz CT molecular complexity index is 657. The second kappa shape index (κ2) is 5.75. The van der Waals surface area contributed by atoms with Crippen LogP contribution in [-0.4, -0.2) is 61.4 Å². The van der Waals surface area contributed by atoms with Crippen LogP contribution in [0.25, 0.3) is 0 Å². The molecule has 1 heterocycles. The normalized spacial score (nSPS) is 21.4. The van der Waals surface area contributed by atoms with Gasteiger partial charge in [0.25, 0.3) is 0 Å². The van der Waals surface area contributed by atoms with E-state index in [-0.39, 0.29) is 16.5 Å². The Balaban J connectivity index is 2.44. The molecule has 1 unspecified atom stereocenters. The smallest absolute Gasteiger partial charge is 0.335 e. The Labute approximate surface area is 125 Å². The van der Waals surface area contributed by atoms with Gasteiger partial charge in [-0.25, -0.2) is 13.2 Å². The Morgan fingerprint density at radius 3 is 2.57 bits per heavy atom. The highest BCUT2D eigenvalue weighted by Gasteiger charge is 2.33. The van der Waals surface area contributed by atoms with Gasteiger partial charge in [-0.1, -0.05) is 6.07 Å². The summed E-state index contributed by atoms with van der Waals surface area (Å²) in [6, 6.07) is 4.07. The zero-order chi connectivity index (χ0) is 15.8. The molecular weight excluding hydrogens is 292 g/mol. The number of hydrogen-bond acceptors (Lipinski definition) is 4. The van der Waals surface area contributed by atoms with E-state index >= 15 is 0 Å². The minimum absolute atomic E-state index is 0.0130. The summed E-state index contributed by atoms with van der Waals surface area (Å²) in [5, 5.41) is 9.05. The van der Waals surface area contributed by atoms with Gasteiger partial charge in [-0.2, -0.15) is 4.31 Å². The number of aryl methyl sites for hydroxylation is 1. The fourth-order valence-electron chi connectivity index (χ4n) is 2.62. The van der Waals surface area contributed by atoms with E-state index in [1.165, 1.54) is 22.5 Å². The summed E-state index contributed by atoms with van der Waals surface area (Å²) < 4.78 is 27.1. The molecule has 0 amide bonds. The van der Waals surface area contributed by atoms with Gasteiger partial charge in [0.2, 0.25) is 10.0 Å². The van der Waals surface area contributed by atoms with Crippen molar-refractivity contribution in [2.24, 2.45) is 0 Å². The number of rotatable bonds is 3. The number of likely N-dealkylation sites (N-methyl/N-ethyl adjacent to an activating group) is 1. The fraction of sp³-hybridized carbons (Fsp3) is 0.500. The predicted octanol–water partition coefficient (Wildman–Crippen LogP) is 1.02. The van der Waals surface area contributed by atoms with Crippen LogP contribution in [0.2, 0.25) is 0 Å². The summed E-state index contributed by atoms with van der Waals surface area (Å²) in [5.74, 6) is -1.13. The lowest BCUT2D eigenvalue weighted by Crippen LogP contribution is -2.52. The van der Waals surface area contributed by atoms with Crippen molar-refractivity contribution < 1.29 is 18.3 Å². The maximum Gasteiger partial charge on any atom is 0.335 e. The Morgan fingerprint density at radius 2 is 2.00 bits per heavy atom. The number of carboxylic acid groups (broad SMARTS) is 1. The van der Waals surface area contributed by atoms with E-state index < -0.39 is 16.0 Å². The number of piperazine rings is 1. The first-order valence-electron chi connectivity index (χ1n) is 6.78. The van der Waals surface area contributed by atoms with Crippen LogP contribution in [0.4, 0.5) is 0 Å². The number of sulfonamides is 1. The average Bonchev–Trinajstić information content (AvgIpc) is 2.38. The molecule has 0 radical (unpaired) electrons. The zero-order valence-corrected chi connectivity index (χ0v) is 13.2. The molecule has 0 saturated carbocycles. The van der Waals surface area contributed by atoms with E-state index in [2.05, 4.69) is 4.90 Å². The highest BCUT2D eigenvalue weighted by molar-refractivity contribution is 7.89. The van der Waals surface area contributed by atoms with Crippen molar-refractivity contribution in [1.29, 1.82) is 0 Å². The fourth-order valence-corrected chi connectivity index (χ4v) is 4.48. The van der Waals surface area contributed by atoms with Crippen molar-refractivity contribution in [1.82, 2.24) is 9.21 Å². The molecule has 1 aliphatic rings. The molecule has 0 aromatic heterocycles. The third kappa shape index (κ3) is 3.09. The van der Waals surface area contributed by atoms with Gasteiger partial charge in [0.1, 0.15) is 0 Å². The van der Waals surface area contributed by atoms with E-state index in [1.807, 2.05) is 14.0 Å². The van der Waals surface area contributed by atoms with E-state index in [0.717, 1.165) is 0 Å². The Kier molecular flexibility index (Phi) is 4.36. The van der Waals surface area contributed by atoms with Crippen LogP contribution in [0.3, 0.4) is 0 Å². The maximum absolute atomic E-state index is 12.8. The van der Waals surface area contributed by atoms with Gasteiger partial charge >= 0.3 is 5.97 Å². The molecule has 1 saturated heterocycles. The second-order valence-electron chi connectivity index (χ2n) is 5.51. The van der Waals surface area contributed by atoms with Crippen LogP contribution in [0, 0.1) is 6.92 Å². The molecule has 7 heteroatoms. The quantitative estimate of drug-likeness (QED) is 0.901. The number of nitrogens with zero attached hydrogens (tertiary/aromatic N) is 2. The van der Waals surface area contributed by atoms with Crippen LogP contribution in [-0.2, 0) is 10.0 Å². The summed E-state index contributed by atoms with van der Waals surface area (Å²) in [5.41, 5.74) is 0.548. The number of hydrogen-bond donors (Lipinski definition) is 1. The highest BCUT2D eigenvalue weighted by atomic mass is 32.2. The molecule has 21 heavy (non-hydrogen) atoms. The van der Waals surface area contributed by atoms with Gasteiger partial charge in [-0.15, -0.1) is 0 Å². The van der Waals surface area contributed by atoms with Crippen LogP contribution in [0.1, 0.15) is 22.8 Å². The minimum atomic E-state index is -3.68. The lowest BCUT2D eigenvalue weighted by atomic mass is 10.1. The second-order valence-corrected chi connectivity index (χ2v) is 7.37. The Morgan fingerprint density at radius 1 is 1.33 bits per heavy atom. The maximum atomic E-state index is 12.8. The van der Waals surface area contributed by atoms with Gasteiger partial charge in [-0.05, 0) is 38.6 Å². The average molecular weight is 312 g/mol. The van der Waals surface area contributed by atoms with Crippen LogP contribution >= 0.6 is 0 Å². The number of aromatic carboxylic acids is 1. The van der Waals surface area contributed by atoms with E-state index in [0.29, 0.717) is 25.2 Å².